The summed E-state index contributed by atoms with van der Waals surface area (Å²) in [6, 6.07) is 97.3. The van der Waals surface area contributed by atoms with Gasteiger partial charge in [0, 0.05) is 39.1 Å². The van der Waals surface area contributed by atoms with Gasteiger partial charge in [0.25, 0.3) is 0 Å². The average Bonchev–Trinajstić information content (AvgIpc) is 3.77. The van der Waals surface area contributed by atoms with E-state index >= 15 is 0 Å². The predicted molar refractivity (Wildman–Crippen MR) is 289 cm³/mol. The van der Waals surface area contributed by atoms with Gasteiger partial charge >= 0.3 is 0 Å². The highest BCUT2D eigenvalue weighted by Gasteiger charge is 2.25. The van der Waals surface area contributed by atoms with Crippen molar-refractivity contribution in [3.63, 3.8) is 0 Å². The molecule has 0 saturated heterocycles. The molecular formula is C66H44N2. The third-order valence-corrected chi connectivity index (χ3v) is 13.7. The molecule has 0 amide bonds. The lowest BCUT2D eigenvalue weighted by Crippen LogP contribution is -2.09. The number of hydrogen-bond donors (Lipinski definition) is 0. The van der Waals surface area contributed by atoms with Gasteiger partial charge in [0.1, 0.15) is 0 Å². The second-order valence-electron chi connectivity index (χ2n) is 17.7. The molecular weight excluding hydrogens is 821 g/mol. The van der Waals surface area contributed by atoms with E-state index < -0.39 is 0 Å². The molecule has 0 bridgehead atoms. The summed E-state index contributed by atoms with van der Waals surface area (Å²) in [5.41, 5.74) is 17.6. The van der Waals surface area contributed by atoms with E-state index in [9.17, 15) is 0 Å². The summed E-state index contributed by atoms with van der Waals surface area (Å²) in [6.45, 7) is 0. The molecule has 12 aromatic carbocycles. The van der Waals surface area contributed by atoms with Crippen molar-refractivity contribution in [3.05, 3.63) is 267 Å². The molecule has 13 aromatic rings. The van der Waals surface area contributed by atoms with Crippen LogP contribution in [0.15, 0.2) is 267 Å². The van der Waals surface area contributed by atoms with Crippen molar-refractivity contribution in [1.82, 2.24) is 4.57 Å². The Morgan fingerprint density at radius 3 is 1.15 bits per heavy atom. The molecule has 0 unspecified atom stereocenters. The quantitative estimate of drug-likeness (QED) is 0.131. The number of nitrogens with zero attached hydrogens (tertiary/aromatic N) is 2. The smallest absolute Gasteiger partial charge is 0.0620 e. The monoisotopic (exact) mass is 864 g/mol. The van der Waals surface area contributed by atoms with Crippen LogP contribution in [0.25, 0.3) is 105 Å². The Hall–Kier alpha value is -8.98. The van der Waals surface area contributed by atoms with Gasteiger partial charge in [-0.15, -0.1) is 0 Å². The lowest BCUT2D eigenvalue weighted by molar-refractivity contribution is 1.14. The molecule has 0 N–H and O–H groups in total. The van der Waals surface area contributed by atoms with Gasteiger partial charge in [0.2, 0.25) is 0 Å². The Morgan fingerprint density at radius 1 is 0.265 bits per heavy atom. The summed E-state index contributed by atoms with van der Waals surface area (Å²) in [6.07, 6.45) is 0. The van der Waals surface area contributed by atoms with Crippen LogP contribution in [0.3, 0.4) is 0 Å². The zero-order chi connectivity index (χ0) is 45.0. The lowest BCUT2D eigenvalue weighted by Gasteiger charge is -2.26. The molecule has 0 fully saturated rings. The molecule has 2 heteroatoms. The lowest BCUT2D eigenvalue weighted by atomic mass is 9.91. The molecule has 1 heterocycles. The molecule has 0 saturated carbocycles. The van der Waals surface area contributed by atoms with E-state index in [0.29, 0.717) is 0 Å². The summed E-state index contributed by atoms with van der Waals surface area (Å²) in [5.74, 6) is 0. The standard InChI is InChI=1S/C66H44N2/c1-5-14-45(15-6-1)47-26-35-56(36-27-47)67(57-37-28-48(29-38-57)46-16-7-2-8-17-46)58-39-30-49(31-40-58)50-32-41-59(42-33-50)68-65(54-20-11-4-12-21-54)64(51-18-9-3-10-19-51)61-44-55-25-24-52-22-13-23-53-34-43-60(66(61)68)63(55)62(52)53/h1-44H. The van der Waals surface area contributed by atoms with Gasteiger partial charge in [-0.05, 0) is 126 Å². The number of fused-ring (bicyclic) bond motifs is 2. The Kier molecular flexibility index (Phi) is 9.54. The highest BCUT2D eigenvalue weighted by molar-refractivity contribution is 6.30. The molecule has 318 valence electrons. The van der Waals surface area contributed by atoms with Crippen LogP contribution in [0.5, 0.6) is 0 Å². The van der Waals surface area contributed by atoms with Crippen LogP contribution in [-0.2, 0) is 0 Å². The van der Waals surface area contributed by atoms with Crippen molar-refractivity contribution in [2.75, 3.05) is 4.90 Å². The zero-order valence-electron chi connectivity index (χ0n) is 37.3. The molecule has 0 spiro atoms. The van der Waals surface area contributed by atoms with Gasteiger partial charge in [0.15, 0.2) is 0 Å². The van der Waals surface area contributed by atoms with E-state index in [-0.39, 0.29) is 0 Å². The zero-order valence-corrected chi connectivity index (χ0v) is 37.3. The van der Waals surface area contributed by atoms with E-state index in [4.69, 9.17) is 0 Å². The maximum atomic E-state index is 2.52. The fraction of sp³-hybridized carbons (Fsp3) is 0. The van der Waals surface area contributed by atoms with Crippen LogP contribution in [0.1, 0.15) is 0 Å². The minimum atomic E-state index is 1.09. The van der Waals surface area contributed by atoms with E-state index in [1.807, 2.05) is 0 Å². The topological polar surface area (TPSA) is 8.17 Å². The van der Waals surface area contributed by atoms with Gasteiger partial charge in [-0.1, -0.05) is 212 Å². The molecule has 68 heavy (non-hydrogen) atoms. The highest BCUT2D eigenvalue weighted by Crippen LogP contribution is 2.48. The molecule has 0 radical (unpaired) electrons. The maximum Gasteiger partial charge on any atom is 0.0620 e. The fourth-order valence-corrected chi connectivity index (χ4v) is 10.5. The first-order chi connectivity index (χ1) is 33.7. The van der Waals surface area contributed by atoms with Crippen LogP contribution in [0, 0.1) is 0 Å². The van der Waals surface area contributed by atoms with Gasteiger partial charge in [-0.2, -0.15) is 0 Å². The first kappa shape index (κ1) is 39.4. The molecule has 0 aliphatic rings. The third-order valence-electron chi connectivity index (χ3n) is 13.7. The van der Waals surface area contributed by atoms with Gasteiger partial charge in [-0.3, -0.25) is 0 Å². The van der Waals surface area contributed by atoms with Gasteiger partial charge < -0.3 is 9.47 Å². The largest absolute Gasteiger partial charge is 0.311 e. The van der Waals surface area contributed by atoms with E-state index in [0.717, 1.165) is 33.9 Å². The van der Waals surface area contributed by atoms with E-state index in [1.165, 1.54) is 87.9 Å². The summed E-state index contributed by atoms with van der Waals surface area (Å²) < 4.78 is 2.52. The van der Waals surface area contributed by atoms with E-state index in [1.54, 1.807) is 0 Å². The number of hydrogen-bond acceptors (Lipinski definition) is 1. The van der Waals surface area contributed by atoms with Gasteiger partial charge in [0.05, 0.1) is 11.2 Å². The van der Waals surface area contributed by atoms with Crippen molar-refractivity contribution >= 4 is 60.3 Å². The Morgan fingerprint density at radius 2 is 0.662 bits per heavy atom. The minimum Gasteiger partial charge on any atom is -0.311 e. The number of anilines is 3. The average molecular weight is 865 g/mol. The summed E-state index contributed by atoms with van der Waals surface area (Å²) in [4.78, 5) is 2.35. The second kappa shape index (κ2) is 16.5. The first-order valence-corrected chi connectivity index (χ1v) is 23.4. The summed E-state index contributed by atoms with van der Waals surface area (Å²) in [7, 11) is 0. The third kappa shape index (κ3) is 6.73. The van der Waals surface area contributed by atoms with Crippen molar-refractivity contribution in [2.45, 2.75) is 0 Å². The number of aromatic nitrogens is 1. The van der Waals surface area contributed by atoms with Crippen molar-refractivity contribution in [3.8, 4) is 61.5 Å². The van der Waals surface area contributed by atoms with Crippen molar-refractivity contribution in [2.24, 2.45) is 0 Å². The number of rotatable bonds is 9. The molecule has 0 aliphatic carbocycles. The van der Waals surface area contributed by atoms with E-state index in [2.05, 4.69) is 276 Å². The second-order valence-corrected chi connectivity index (χ2v) is 17.7. The van der Waals surface area contributed by atoms with Crippen LogP contribution < -0.4 is 4.90 Å². The maximum absolute atomic E-state index is 2.52. The Labute approximate surface area is 396 Å². The Balaban J connectivity index is 0.929. The molecule has 0 aliphatic heterocycles. The van der Waals surface area contributed by atoms with Crippen LogP contribution in [0.4, 0.5) is 17.1 Å². The molecule has 1 aromatic heterocycles. The Bertz CT molecular complexity index is 3780. The van der Waals surface area contributed by atoms with Crippen LogP contribution >= 0.6 is 0 Å². The summed E-state index contributed by atoms with van der Waals surface area (Å²) in [5, 5.41) is 8.94. The predicted octanol–water partition coefficient (Wildman–Crippen LogP) is 18.3. The summed E-state index contributed by atoms with van der Waals surface area (Å²) >= 11 is 0. The van der Waals surface area contributed by atoms with Gasteiger partial charge in [-0.25, -0.2) is 0 Å². The normalized spacial score (nSPS) is 11.5. The molecule has 0 atom stereocenters. The number of benzene rings is 12. The molecule has 13 rings (SSSR count). The van der Waals surface area contributed by atoms with Crippen molar-refractivity contribution < 1.29 is 0 Å². The van der Waals surface area contributed by atoms with Crippen LogP contribution in [-0.4, -0.2) is 4.57 Å². The fourth-order valence-electron chi connectivity index (χ4n) is 10.5. The highest BCUT2D eigenvalue weighted by atomic mass is 15.1. The first-order valence-electron chi connectivity index (χ1n) is 23.4. The minimum absolute atomic E-state index is 1.09. The van der Waals surface area contributed by atoms with Crippen molar-refractivity contribution in [1.29, 1.82) is 0 Å². The van der Waals surface area contributed by atoms with Crippen LogP contribution in [0.2, 0.25) is 0 Å². The molecule has 2 nitrogen and oxygen atoms in total. The SMILES string of the molecule is c1ccc(-c2ccc(N(c3ccc(-c4ccccc4)cc3)c3ccc(-c4ccc(-n5c(-c6ccccc6)c(-c6ccccc6)c6cc7ccc8cccc9ccc(c7c89)c65)cc4)cc3)cc2)cc1.